The minimum absolute atomic E-state index is 0.146. The van der Waals surface area contributed by atoms with Crippen molar-refractivity contribution in [2.45, 2.75) is 5.25 Å². The summed E-state index contributed by atoms with van der Waals surface area (Å²) in [6.07, 6.45) is 5.40. The van der Waals surface area contributed by atoms with Gasteiger partial charge < -0.3 is 11.1 Å². The van der Waals surface area contributed by atoms with Crippen LogP contribution in [0.4, 0.5) is 5.82 Å². The molecule has 8 nitrogen and oxygen atoms in total. The monoisotopic (exact) mass is 331 g/mol. The number of nitrogen functional groups attached to an aromatic ring is 1. The van der Waals surface area contributed by atoms with Gasteiger partial charge in [-0.1, -0.05) is 0 Å². The van der Waals surface area contributed by atoms with E-state index < -0.39 is 10.8 Å². The summed E-state index contributed by atoms with van der Waals surface area (Å²) in [6, 6.07) is 1.77. The maximum absolute atomic E-state index is 12.3. The molecule has 9 heteroatoms. The van der Waals surface area contributed by atoms with Crippen molar-refractivity contribution in [3.63, 3.8) is 0 Å². The molecule has 120 valence electrons. The molecule has 1 aliphatic heterocycles. The van der Waals surface area contributed by atoms with E-state index in [-0.39, 0.29) is 5.25 Å². The number of anilines is 1. The third-order valence-electron chi connectivity index (χ3n) is 3.99. The smallest absolute Gasteiger partial charge is 0.165 e. The molecule has 0 spiro atoms. The topological polar surface area (TPSA) is 103 Å². The third kappa shape index (κ3) is 2.41. The van der Waals surface area contributed by atoms with E-state index in [1.54, 1.807) is 27.7 Å². The first kappa shape index (κ1) is 14.3. The molecule has 1 fully saturated rings. The normalized spacial score (nSPS) is 21.8. The lowest BCUT2D eigenvalue weighted by atomic mass is 10.2. The number of hydrogen-bond donors (Lipinski definition) is 2. The Morgan fingerprint density at radius 2 is 2.26 bits per heavy atom. The molecule has 0 radical (unpaired) electrons. The van der Waals surface area contributed by atoms with Gasteiger partial charge in [-0.25, -0.2) is 4.98 Å². The Balaban J connectivity index is 1.86. The molecule has 3 aromatic heterocycles. The van der Waals surface area contributed by atoms with Crippen LogP contribution in [-0.2, 0) is 17.8 Å². The summed E-state index contributed by atoms with van der Waals surface area (Å²) in [7, 11) is 0.919. The Kier molecular flexibility index (Phi) is 3.38. The molecule has 0 aliphatic carbocycles. The number of aromatic nitrogens is 5. The number of nitrogens with zero attached hydrogens (tertiary/aromatic N) is 5. The van der Waals surface area contributed by atoms with E-state index >= 15 is 0 Å². The van der Waals surface area contributed by atoms with E-state index in [2.05, 4.69) is 15.5 Å². The number of hydrogen-bond acceptors (Lipinski definition) is 6. The highest BCUT2D eigenvalue weighted by Crippen LogP contribution is 2.28. The highest BCUT2D eigenvalue weighted by atomic mass is 32.2. The first-order chi connectivity index (χ1) is 11.1. The summed E-state index contributed by atoms with van der Waals surface area (Å²) in [4.78, 5) is 4.71. The molecule has 3 N–H and O–H groups in total. The van der Waals surface area contributed by atoms with Crippen molar-refractivity contribution in [2.75, 3.05) is 24.6 Å². The van der Waals surface area contributed by atoms with Crippen molar-refractivity contribution in [3.05, 3.63) is 30.4 Å². The van der Waals surface area contributed by atoms with E-state index in [9.17, 15) is 4.21 Å². The quantitative estimate of drug-likeness (QED) is 0.691. The molecule has 1 aliphatic rings. The van der Waals surface area contributed by atoms with Gasteiger partial charge in [0.05, 0.1) is 23.3 Å². The highest BCUT2D eigenvalue weighted by Gasteiger charge is 2.25. The number of nitrogens with one attached hydrogen (secondary N) is 1. The minimum atomic E-state index is -0.942. The van der Waals surface area contributed by atoms with Gasteiger partial charge in [-0.3, -0.25) is 8.89 Å². The summed E-state index contributed by atoms with van der Waals surface area (Å²) in [5.74, 6) is 1.12. The zero-order valence-electron chi connectivity index (χ0n) is 12.6. The summed E-state index contributed by atoms with van der Waals surface area (Å²) in [5.41, 5.74) is 9.32. The van der Waals surface area contributed by atoms with Gasteiger partial charge in [-0.2, -0.15) is 14.7 Å². The Hall–Kier alpha value is -2.26. The Labute approximate surface area is 135 Å². The van der Waals surface area contributed by atoms with Crippen molar-refractivity contribution < 1.29 is 4.21 Å². The van der Waals surface area contributed by atoms with Gasteiger partial charge >= 0.3 is 0 Å². The zero-order chi connectivity index (χ0) is 16.0. The van der Waals surface area contributed by atoms with Crippen LogP contribution in [0, 0.1) is 0 Å². The molecule has 2 atom stereocenters. The highest BCUT2D eigenvalue weighted by molar-refractivity contribution is 7.85. The van der Waals surface area contributed by atoms with Gasteiger partial charge in [-0.15, -0.1) is 0 Å². The largest absolute Gasteiger partial charge is 0.384 e. The first-order valence-corrected chi connectivity index (χ1v) is 8.73. The van der Waals surface area contributed by atoms with Crippen LogP contribution in [0.1, 0.15) is 10.9 Å². The van der Waals surface area contributed by atoms with Gasteiger partial charge in [0.25, 0.3) is 0 Å². The van der Waals surface area contributed by atoms with Crippen molar-refractivity contribution in [3.8, 4) is 11.1 Å². The maximum Gasteiger partial charge on any atom is 0.165 e. The van der Waals surface area contributed by atoms with Gasteiger partial charge in [0.1, 0.15) is 5.82 Å². The fraction of sp³-hybridized carbons (Fsp3) is 0.357. The summed E-state index contributed by atoms with van der Waals surface area (Å²) < 4.78 is 15.6. The average molecular weight is 331 g/mol. The SMILES string of the molecule is Cn1cc(-c2cnn3c(N)cc(C4CNCCS4=O)nc23)cn1. The fourth-order valence-corrected chi connectivity index (χ4v) is 4.14. The molecule has 23 heavy (non-hydrogen) atoms. The Morgan fingerprint density at radius 1 is 1.39 bits per heavy atom. The number of nitrogens with two attached hydrogens (primary N) is 1. The van der Waals surface area contributed by atoms with Gasteiger partial charge in [-0.05, 0) is 0 Å². The van der Waals surface area contributed by atoms with Crippen LogP contribution in [0.2, 0.25) is 0 Å². The van der Waals surface area contributed by atoms with Crippen molar-refractivity contribution in [1.29, 1.82) is 0 Å². The lowest BCUT2D eigenvalue weighted by Crippen LogP contribution is -2.35. The van der Waals surface area contributed by atoms with Crippen LogP contribution < -0.4 is 11.1 Å². The fourth-order valence-electron chi connectivity index (χ4n) is 2.81. The zero-order valence-corrected chi connectivity index (χ0v) is 13.5. The minimum Gasteiger partial charge on any atom is -0.384 e. The predicted molar refractivity (Wildman–Crippen MR) is 88.2 cm³/mol. The number of aryl methyl sites for hydroxylation is 1. The molecular formula is C14H17N7OS. The lowest BCUT2D eigenvalue weighted by molar-refractivity contribution is 0.619. The van der Waals surface area contributed by atoms with Gasteiger partial charge in [0.15, 0.2) is 5.65 Å². The van der Waals surface area contributed by atoms with E-state index in [0.29, 0.717) is 23.8 Å². The van der Waals surface area contributed by atoms with Gasteiger partial charge in [0.2, 0.25) is 0 Å². The molecule has 0 amide bonds. The van der Waals surface area contributed by atoms with Crippen LogP contribution in [0.25, 0.3) is 16.8 Å². The predicted octanol–water partition coefficient (Wildman–Crippen LogP) is 0.105. The standard InChI is InChI=1S/C14H17N7OS/c1-20-8-9(5-17-20)10-6-18-21-13(15)4-11(19-14(10)21)12-7-16-2-3-23(12)22/h4-6,8,12,16H,2-3,7,15H2,1H3. The number of fused-ring (bicyclic) bond motifs is 1. The van der Waals surface area contributed by atoms with E-state index in [1.165, 1.54) is 0 Å². The van der Waals surface area contributed by atoms with E-state index in [1.807, 2.05) is 13.2 Å². The Morgan fingerprint density at radius 3 is 3.00 bits per heavy atom. The molecule has 3 aromatic rings. The molecule has 0 aromatic carbocycles. The maximum atomic E-state index is 12.3. The van der Waals surface area contributed by atoms with Crippen molar-refractivity contribution >= 4 is 22.3 Å². The van der Waals surface area contributed by atoms with Crippen LogP contribution in [0.15, 0.2) is 24.7 Å². The van der Waals surface area contributed by atoms with E-state index in [4.69, 9.17) is 10.7 Å². The molecule has 4 heterocycles. The van der Waals surface area contributed by atoms with Crippen LogP contribution in [0.5, 0.6) is 0 Å². The Bertz CT molecular complexity index is 900. The molecule has 4 rings (SSSR count). The van der Waals surface area contributed by atoms with E-state index in [0.717, 1.165) is 23.4 Å². The molecule has 1 saturated heterocycles. The average Bonchev–Trinajstić information content (AvgIpc) is 3.14. The van der Waals surface area contributed by atoms with Gasteiger partial charge in [0, 0.05) is 60.1 Å². The second kappa shape index (κ2) is 5.43. The summed E-state index contributed by atoms with van der Waals surface area (Å²) >= 11 is 0. The third-order valence-corrected chi connectivity index (χ3v) is 5.64. The molecule has 0 saturated carbocycles. The second-order valence-corrected chi connectivity index (χ2v) is 7.32. The molecule has 0 bridgehead atoms. The lowest BCUT2D eigenvalue weighted by Gasteiger charge is -2.22. The first-order valence-electron chi connectivity index (χ1n) is 7.34. The molecule has 2 unspecified atom stereocenters. The van der Waals surface area contributed by atoms with Crippen LogP contribution in [-0.4, -0.2) is 47.4 Å². The number of rotatable bonds is 2. The molecular weight excluding hydrogens is 314 g/mol. The van der Waals surface area contributed by atoms with Crippen molar-refractivity contribution in [2.24, 2.45) is 7.05 Å². The second-order valence-electron chi connectivity index (χ2n) is 5.58. The van der Waals surface area contributed by atoms with Crippen LogP contribution in [0.3, 0.4) is 0 Å². The van der Waals surface area contributed by atoms with Crippen molar-refractivity contribution in [1.82, 2.24) is 29.7 Å². The summed E-state index contributed by atoms with van der Waals surface area (Å²) in [6.45, 7) is 1.42. The van der Waals surface area contributed by atoms with Crippen LogP contribution >= 0.6 is 0 Å². The summed E-state index contributed by atoms with van der Waals surface area (Å²) in [5, 5.41) is 11.6.